The fourth-order valence-electron chi connectivity index (χ4n) is 1.28. The predicted molar refractivity (Wildman–Crippen MR) is 55.2 cm³/mol. The van der Waals surface area contributed by atoms with Crippen molar-refractivity contribution < 1.29 is 8.91 Å². The minimum absolute atomic E-state index is 0.184. The second-order valence-corrected chi connectivity index (χ2v) is 3.17. The third kappa shape index (κ3) is 2.16. The van der Waals surface area contributed by atoms with E-state index in [0.717, 1.165) is 0 Å². The molecule has 0 aliphatic rings. The van der Waals surface area contributed by atoms with Crippen LogP contribution in [-0.4, -0.2) is 15.1 Å². The molecule has 6 heteroatoms. The first-order valence-electron chi connectivity index (χ1n) is 4.94. The molecule has 5 nitrogen and oxygen atoms in total. The minimum atomic E-state index is -0.412. The zero-order valence-electron chi connectivity index (χ0n) is 8.77. The minimum Gasteiger partial charge on any atom is -0.360 e. The molecule has 0 aromatic carbocycles. The molecule has 0 atom stereocenters. The molecule has 0 aliphatic heterocycles. The van der Waals surface area contributed by atoms with Gasteiger partial charge in [0.1, 0.15) is 6.33 Å². The molecular weight excluding hydrogens is 211 g/mol. The molecule has 0 fully saturated rings. The van der Waals surface area contributed by atoms with Crippen molar-refractivity contribution in [2.75, 3.05) is 5.32 Å². The summed E-state index contributed by atoms with van der Waals surface area (Å²) in [5.74, 6) is 0.392. The van der Waals surface area contributed by atoms with Crippen LogP contribution in [-0.2, 0) is 13.0 Å². The Hall–Kier alpha value is -1.98. The van der Waals surface area contributed by atoms with Gasteiger partial charge in [0, 0.05) is 6.07 Å². The van der Waals surface area contributed by atoms with Gasteiger partial charge in [-0.15, -0.1) is 0 Å². The molecule has 2 aromatic heterocycles. The highest BCUT2D eigenvalue weighted by Gasteiger charge is 2.09. The van der Waals surface area contributed by atoms with Crippen LogP contribution >= 0.6 is 0 Å². The highest BCUT2D eigenvalue weighted by molar-refractivity contribution is 5.37. The van der Waals surface area contributed by atoms with Crippen molar-refractivity contribution in [3.63, 3.8) is 0 Å². The number of halogens is 1. The van der Waals surface area contributed by atoms with E-state index in [0.29, 0.717) is 24.4 Å². The summed E-state index contributed by atoms with van der Waals surface area (Å²) in [5, 5.41) is 6.38. The van der Waals surface area contributed by atoms with Crippen molar-refractivity contribution in [1.29, 1.82) is 0 Å². The molecule has 0 saturated carbocycles. The summed E-state index contributed by atoms with van der Waals surface area (Å²) in [5.41, 5.74) is 0.398. The van der Waals surface area contributed by atoms with E-state index >= 15 is 0 Å². The molecule has 0 spiro atoms. The number of nitrogens with one attached hydrogen (secondary N) is 1. The van der Waals surface area contributed by atoms with Crippen molar-refractivity contribution >= 4 is 5.82 Å². The topological polar surface area (TPSA) is 63.8 Å². The van der Waals surface area contributed by atoms with E-state index < -0.39 is 5.82 Å². The maximum Gasteiger partial charge on any atom is 0.186 e. The van der Waals surface area contributed by atoms with E-state index in [4.69, 9.17) is 4.52 Å². The predicted octanol–water partition coefficient (Wildman–Crippen LogP) is 1.78. The van der Waals surface area contributed by atoms with Gasteiger partial charge in [0.2, 0.25) is 0 Å². The van der Waals surface area contributed by atoms with Gasteiger partial charge in [-0.2, -0.15) is 0 Å². The Morgan fingerprint density at radius 3 is 3.00 bits per heavy atom. The standard InChI is InChI=1S/C10H11FN4O/c1-2-8-9(11)10(14-6-13-8)12-5-7-3-4-15-16-7/h3-4,6H,2,5H2,1H3,(H,12,13,14). The number of aromatic nitrogens is 3. The lowest BCUT2D eigenvalue weighted by atomic mass is 10.3. The van der Waals surface area contributed by atoms with E-state index in [9.17, 15) is 4.39 Å². The molecule has 0 amide bonds. The van der Waals surface area contributed by atoms with Crippen LogP contribution in [0.15, 0.2) is 23.1 Å². The number of nitrogens with zero attached hydrogens (tertiary/aromatic N) is 3. The smallest absolute Gasteiger partial charge is 0.186 e. The molecule has 0 bridgehead atoms. The highest BCUT2D eigenvalue weighted by atomic mass is 19.1. The highest BCUT2D eigenvalue weighted by Crippen LogP contribution is 2.14. The Bertz CT molecular complexity index is 458. The van der Waals surface area contributed by atoms with Gasteiger partial charge in [-0.3, -0.25) is 0 Å². The summed E-state index contributed by atoms with van der Waals surface area (Å²) in [6.07, 6.45) is 3.40. The fraction of sp³-hybridized carbons (Fsp3) is 0.300. The molecule has 84 valence electrons. The largest absolute Gasteiger partial charge is 0.360 e. The Labute approximate surface area is 91.7 Å². The van der Waals surface area contributed by atoms with Crippen LogP contribution in [0.1, 0.15) is 18.4 Å². The average molecular weight is 222 g/mol. The van der Waals surface area contributed by atoms with Crippen LogP contribution in [0, 0.1) is 5.82 Å². The Morgan fingerprint density at radius 1 is 1.44 bits per heavy atom. The van der Waals surface area contributed by atoms with Crippen LogP contribution in [0.3, 0.4) is 0 Å². The van der Waals surface area contributed by atoms with E-state index in [2.05, 4.69) is 20.4 Å². The summed E-state index contributed by atoms with van der Waals surface area (Å²) < 4.78 is 18.5. The van der Waals surface area contributed by atoms with Gasteiger partial charge in [-0.25, -0.2) is 14.4 Å². The Balaban J connectivity index is 2.09. The summed E-state index contributed by atoms with van der Waals surface area (Å²) in [6.45, 7) is 2.18. The number of hydrogen-bond acceptors (Lipinski definition) is 5. The zero-order valence-corrected chi connectivity index (χ0v) is 8.77. The van der Waals surface area contributed by atoms with E-state index in [-0.39, 0.29) is 5.82 Å². The van der Waals surface area contributed by atoms with Gasteiger partial charge in [-0.1, -0.05) is 12.1 Å². The Morgan fingerprint density at radius 2 is 2.31 bits per heavy atom. The molecule has 0 aliphatic carbocycles. The molecule has 16 heavy (non-hydrogen) atoms. The third-order valence-electron chi connectivity index (χ3n) is 2.12. The van der Waals surface area contributed by atoms with E-state index in [1.54, 1.807) is 6.07 Å². The summed E-state index contributed by atoms with van der Waals surface area (Å²) in [6, 6.07) is 1.70. The summed E-state index contributed by atoms with van der Waals surface area (Å²) >= 11 is 0. The monoisotopic (exact) mass is 222 g/mol. The first-order valence-corrected chi connectivity index (χ1v) is 4.94. The first kappa shape index (κ1) is 10.5. The SMILES string of the molecule is CCc1ncnc(NCc2ccno2)c1F. The number of hydrogen-bond donors (Lipinski definition) is 1. The average Bonchev–Trinajstić information content (AvgIpc) is 2.81. The van der Waals surface area contributed by atoms with Gasteiger partial charge in [0.25, 0.3) is 0 Å². The Kier molecular flexibility index (Phi) is 3.09. The number of rotatable bonds is 4. The lowest BCUT2D eigenvalue weighted by Gasteiger charge is -2.05. The van der Waals surface area contributed by atoms with Gasteiger partial charge in [0.15, 0.2) is 17.4 Å². The molecule has 0 unspecified atom stereocenters. The third-order valence-corrected chi connectivity index (χ3v) is 2.12. The van der Waals surface area contributed by atoms with E-state index in [1.165, 1.54) is 12.5 Å². The molecular formula is C10H11FN4O. The van der Waals surface area contributed by atoms with Crippen molar-refractivity contribution in [2.24, 2.45) is 0 Å². The lowest BCUT2D eigenvalue weighted by Crippen LogP contribution is -2.06. The normalized spacial score (nSPS) is 10.4. The molecule has 2 heterocycles. The first-order chi connectivity index (χ1) is 7.81. The van der Waals surface area contributed by atoms with Crippen molar-refractivity contribution in [3.05, 3.63) is 35.9 Å². The molecule has 2 aromatic rings. The fourth-order valence-corrected chi connectivity index (χ4v) is 1.28. The van der Waals surface area contributed by atoms with Crippen LogP contribution in [0.5, 0.6) is 0 Å². The van der Waals surface area contributed by atoms with Gasteiger partial charge in [-0.05, 0) is 6.42 Å². The maximum absolute atomic E-state index is 13.7. The van der Waals surface area contributed by atoms with E-state index in [1.807, 2.05) is 6.92 Å². The van der Waals surface area contributed by atoms with Gasteiger partial charge >= 0.3 is 0 Å². The van der Waals surface area contributed by atoms with Gasteiger partial charge < -0.3 is 9.84 Å². The summed E-state index contributed by atoms with van der Waals surface area (Å²) in [4.78, 5) is 7.67. The number of aryl methyl sites for hydroxylation is 1. The van der Waals surface area contributed by atoms with Crippen molar-refractivity contribution in [3.8, 4) is 0 Å². The molecule has 1 N–H and O–H groups in total. The van der Waals surface area contributed by atoms with Gasteiger partial charge in [0.05, 0.1) is 18.4 Å². The maximum atomic E-state index is 13.7. The molecule has 0 saturated heterocycles. The summed E-state index contributed by atoms with van der Waals surface area (Å²) in [7, 11) is 0. The molecule has 2 rings (SSSR count). The van der Waals surface area contributed by atoms with Crippen LogP contribution in [0.4, 0.5) is 10.2 Å². The van der Waals surface area contributed by atoms with Crippen LogP contribution < -0.4 is 5.32 Å². The van der Waals surface area contributed by atoms with Crippen molar-refractivity contribution in [1.82, 2.24) is 15.1 Å². The van der Waals surface area contributed by atoms with Crippen molar-refractivity contribution in [2.45, 2.75) is 19.9 Å². The zero-order chi connectivity index (χ0) is 11.4. The second-order valence-electron chi connectivity index (χ2n) is 3.17. The van der Waals surface area contributed by atoms with Crippen LogP contribution in [0.2, 0.25) is 0 Å². The lowest BCUT2D eigenvalue weighted by molar-refractivity contribution is 0.387. The number of anilines is 1. The second kappa shape index (κ2) is 4.69. The molecule has 0 radical (unpaired) electrons. The van der Waals surface area contributed by atoms with Crippen LogP contribution in [0.25, 0.3) is 0 Å². The quantitative estimate of drug-likeness (QED) is 0.854.